The van der Waals surface area contributed by atoms with Gasteiger partial charge in [-0.2, -0.15) is 0 Å². The molecule has 1 aliphatic rings. The Hall–Kier alpha value is -2.09. The summed E-state index contributed by atoms with van der Waals surface area (Å²) in [6.45, 7) is 1.68. The molecule has 0 spiro atoms. The fraction of sp³-hybridized carbons (Fsp3) is 0.316. The monoisotopic (exact) mass is 409 g/mol. The predicted octanol–water partition coefficient (Wildman–Crippen LogP) is 3.45. The standard InChI is InChI=1S/C19H20ClNO5S/c1-12-3-7-16(27(23,24)21-15-5-6-15)10-17(12)19(22)26-11-13-9-14(20)4-8-18(13)25-2/h3-4,7-10,15,21H,5-6,11H2,1-2H3. The zero-order valence-electron chi connectivity index (χ0n) is 15.0. The topological polar surface area (TPSA) is 81.7 Å². The minimum atomic E-state index is -3.65. The number of carbonyl (C=O) groups is 1. The van der Waals surface area contributed by atoms with Crippen molar-refractivity contribution in [2.75, 3.05) is 7.11 Å². The van der Waals surface area contributed by atoms with Gasteiger partial charge in [0.25, 0.3) is 0 Å². The molecule has 144 valence electrons. The summed E-state index contributed by atoms with van der Waals surface area (Å²) in [6, 6.07) is 9.43. The fourth-order valence-corrected chi connectivity index (χ4v) is 4.08. The van der Waals surface area contributed by atoms with Gasteiger partial charge in [0.05, 0.1) is 17.6 Å². The number of nitrogens with one attached hydrogen (secondary N) is 1. The van der Waals surface area contributed by atoms with Gasteiger partial charge in [-0.3, -0.25) is 0 Å². The minimum absolute atomic E-state index is 0.0120. The number of ether oxygens (including phenoxy) is 2. The van der Waals surface area contributed by atoms with E-state index in [2.05, 4.69) is 4.72 Å². The van der Waals surface area contributed by atoms with Gasteiger partial charge in [-0.15, -0.1) is 0 Å². The molecule has 1 N–H and O–H groups in total. The van der Waals surface area contributed by atoms with Crippen molar-refractivity contribution in [1.29, 1.82) is 0 Å². The second-order valence-electron chi connectivity index (χ2n) is 6.40. The van der Waals surface area contributed by atoms with Crippen LogP contribution in [0.25, 0.3) is 0 Å². The summed E-state index contributed by atoms with van der Waals surface area (Å²) in [4.78, 5) is 12.6. The van der Waals surface area contributed by atoms with E-state index in [4.69, 9.17) is 21.1 Å². The van der Waals surface area contributed by atoms with Gasteiger partial charge in [0, 0.05) is 16.6 Å². The van der Waals surface area contributed by atoms with Gasteiger partial charge in [0.2, 0.25) is 10.0 Å². The summed E-state index contributed by atoms with van der Waals surface area (Å²) >= 11 is 5.98. The van der Waals surface area contributed by atoms with Crippen molar-refractivity contribution in [1.82, 2.24) is 4.72 Å². The molecule has 8 heteroatoms. The highest BCUT2D eigenvalue weighted by molar-refractivity contribution is 7.89. The molecule has 27 heavy (non-hydrogen) atoms. The van der Waals surface area contributed by atoms with Crippen LogP contribution in [0.2, 0.25) is 5.02 Å². The molecule has 6 nitrogen and oxygen atoms in total. The maximum atomic E-state index is 12.5. The van der Waals surface area contributed by atoms with Crippen LogP contribution in [-0.4, -0.2) is 27.5 Å². The Bertz CT molecular complexity index is 970. The number of hydrogen-bond acceptors (Lipinski definition) is 5. The van der Waals surface area contributed by atoms with Gasteiger partial charge in [0.1, 0.15) is 12.4 Å². The highest BCUT2D eigenvalue weighted by atomic mass is 35.5. The molecule has 1 saturated carbocycles. The maximum Gasteiger partial charge on any atom is 0.338 e. The number of hydrogen-bond donors (Lipinski definition) is 1. The van der Waals surface area contributed by atoms with E-state index in [0.29, 0.717) is 21.9 Å². The zero-order chi connectivity index (χ0) is 19.6. The van der Waals surface area contributed by atoms with Gasteiger partial charge in [-0.1, -0.05) is 17.7 Å². The molecule has 0 unspecified atom stereocenters. The number of sulfonamides is 1. The number of rotatable bonds is 7. The lowest BCUT2D eigenvalue weighted by Crippen LogP contribution is -2.26. The summed E-state index contributed by atoms with van der Waals surface area (Å²) in [5, 5.41) is 0.497. The Morgan fingerprint density at radius 3 is 2.63 bits per heavy atom. The molecular weight excluding hydrogens is 390 g/mol. The molecule has 0 aromatic heterocycles. The normalized spacial score (nSPS) is 14.0. The van der Waals surface area contributed by atoms with Crippen molar-refractivity contribution in [3.63, 3.8) is 0 Å². The molecule has 2 aromatic carbocycles. The Labute approximate surface area is 163 Å². The van der Waals surface area contributed by atoms with E-state index in [9.17, 15) is 13.2 Å². The lowest BCUT2D eigenvalue weighted by atomic mass is 10.1. The number of esters is 1. The number of carbonyl (C=O) groups excluding carboxylic acids is 1. The van der Waals surface area contributed by atoms with E-state index in [-0.39, 0.29) is 23.1 Å². The number of halogens is 1. The Morgan fingerprint density at radius 1 is 1.22 bits per heavy atom. The number of aryl methyl sites for hydroxylation is 1. The second kappa shape index (κ2) is 7.88. The molecule has 2 aromatic rings. The molecular formula is C19H20ClNO5S. The third-order valence-electron chi connectivity index (χ3n) is 4.24. The number of methoxy groups -OCH3 is 1. The molecule has 0 saturated heterocycles. The second-order valence-corrected chi connectivity index (χ2v) is 8.56. The van der Waals surface area contributed by atoms with E-state index in [1.807, 2.05) is 0 Å². The van der Waals surface area contributed by atoms with Crippen LogP contribution in [0.3, 0.4) is 0 Å². The Morgan fingerprint density at radius 2 is 1.96 bits per heavy atom. The third-order valence-corrected chi connectivity index (χ3v) is 5.99. The van der Waals surface area contributed by atoms with Gasteiger partial charge in [0.15, 0.2) is 0 Å². The van der Waals surface area contributed by atoms with Gasteiger partial charge >= 0.3 is 5.97 Å². The molecule has 0 heterocycles. The first-order valence-corrected chi connectivity index (χ1v) is 10.3. The SMILES string of the molecule is COc1ccc(Cl)cc1COC(=O)c1cc(S(=O)(=O)NC2CC2)ccc1C. The average Bonchev–Trinajstić information content (AvgIpc) is 3.43. The average molecular weight is 410 g/mol. The first-order valence-electron chi connectivity index (χ1n) is 8.42. The Balaban J connectivity index is 1.78. The lowest BCUT2D eigenvalue weighted by molar-refractivity contribution is 0.0469. The molecule has 0 aliphatic heterocycles. The minimum Gasteiger partial charge on any atom is -0.496 e. The van der Waals surface area contributed by atoms with Crippen LogP contribution in [0.5, 0.6) is 5.75 Å². The van der Waals surface area contributed by atoms with E-state index < -0.39 is 16.0 Å². The molecule has 1 fully saturated rings. The highest BCUT2D eigenvalue weighted by Crippen LogP contribution is 2.25. The van der Waals surface area contributed by atoms with E-state index in [1.165, 1.54) is 19.2 Å². The molecule has 1 aliphatic carbocycles. The van der Waals surface area contributed by atoms with Crippen molar-refractivity contribution < 1.29 is 22.7 Å². The van der Waals surface area contributed by atoms with Crippen LogP contribution in [-0.2, 0) is 21.4 Å². The summed E-state index contributed by atoms with van der Waals surface area (Å²) in [5.41, 5.74) is 1.45. The van der Waals surface area contributed by atoms with Crippen molar-refractivity contribution in [3.05, 3.63) is 58.1 Å². The highest BCUT2D eigenvalue weighted by Gasteiger charge is 2.28. The van der Waals surface area contributed by atoms with E-state index >= 15 is 0 Å². The maximum absolute atomic E-state index is 12.5. The Kier molecular flexibility index (Phi) is 5.74. The van der Waals surface area contributed by atoms with Crippen molar-refractivity contribution in [2.45, 2.75) is 37.3 Å². The van der Waals surface area contributed by atoms with E-state index in [0.717, 1.165) is 12.8 Å². The van der Waals surface area contributed by atoms with Crippen molar-refractivity contribution in [3.8, 4) is 5.75 Å². The van der Waals surface area contributed by atoms with Crippen molar-refractivity contribution in [2.24, 2.45) is 0 Å². The van der Waals surface area contributed by atoms with Gasteiger partial charge < -0.3 is 9.47 Å². The number of benzene rings is 2. The smallest absolute Gasteiger partial charge is 0.338 e. The first-order chi connectivity index (χ1) is 12.8. The molecule has 3 rings (SSSR count). The summed E-state index contributed by atoms with van der Waals surface area (Å²) in [6.07, 6.45) is 1.67. The summed E-state index contributed by atoms with van der Waals surface area (Å²) in [5.74, 6) is -0.0631. The van der Waals surface area contributed by atoms with Crippen LogP contribution in [0.15, 0.2) is 41.3 Å². The molecule has 0 amide bonds. The molecule has 0 bridgehead atoms. The third kappa shape index (κ3) is 4.80. The summed E-state index contributed by atoms with van der Waals surface area (Å²) in [7, 11) is -2.13. The van der Waals surface area contributed by atoms with Crippen molar-refractivity contribution >= 4 is 27.6 Å². The molecule has 0 radical (unpaired) electrons. The lowest BCUT2D eigenvalue weighted by Gasteiger charge is -2.12. The largest absolute Gasteiger partial charge is 0.496 e. The van der Waals surface area contributed by atoms with E-state index in [1.54, 1.807) is 31.2 Å². The van der Waals surface area contributed by atoms with Crippen LogP contribution in [0.1, 0.15) is 34.3 Å². The predicted molar refractivity (Wildman–Crippen MR) is 102 cm³/mol. The molecule has 0 atom stereocenters. The van der Waals surface area contributed by atoms with Crippen LogP contribution >= 0.6 is 11.6 Å². The van der Waals surface area contributed by atoms with Gasteiger partial charge in [-0.05, 0) is 55.7 Å². The van der Waals surface area contributed by atoms with Crippen LogP contribution in [0.4, 0.5) is 0 Å². The van der Waals surface area contributed by atoms with Crippen LogP contribution < -0.4 is 9.46 Å². The zero-order valence-corrected chi connectivity index (χ0v) is 16.6. The van der Waals surface area contributed by atoms with Crippen LogP contribution in [0, 0.1) is 6.92 Å². The van der Waals surface area contributed by atoms with Gasteiger partial charge in [-0.25, -0.2) is 17.9 Å². The quantitative estimate of drug-likeness (QED) is 0.708. The fourth-order valence-electron chi connectivity index (χ4n) is 2.56. The summed E-state index contributed by atoms with van der Waals surface area (Å²) < 4.78 is 37.9. The first kappa shape index (κ1) is 19.7.